The molecule has 4 aromatic rings. The number of hydrogen-bond donors (Lipinski definition) is 1. The summed E-state index contributed by atoms with van der Waals surface area (Å²) in [5.41, 5.74) is 1.38. The molecule has 7 nitrogen and oxygen atoms in total. The van der Waals surface area contributed by atoms with Gasteiger partial charge in [-0.05, 0) is 36.2 Å². The topological polar surface area (TPSA) is 98.3 Å². The molecule has 0 amide bonds. The lowest BCUT2D eigenvalue weighted by molar-refractivity contribution is -0.386. The first-order chi connectivity index (χ1) is 14.9. The fourth-order valence-corrected chi connectivity index (χ4v) is 3.95. The van der Waals surface area contributed by atoms with Crippen LogP contribution in [0.4, 0.5) is 5.69 Å². The van der Waals surface area contributed by atoms with Gasteiger partial charge in [0.1, 0.15) is 23.5 Å². The molecule has 1 aromatic heterocycles. The first-order valence-electron chi connectivity index (χ1n) is 9.84. The zero-order valence-electron chi connectivity index (χ0n) is 17.1. The van der Waals surface area contributed by atoms with Gasteiger partial charge in [-0.25, -0.2) is 0 Å². The molecule has 1 N–H and O–H groups in total. The standard InChI is InChI=1S/C24H21N3O4/c1-15-21(27(30)31)16(2)26(25-15)22(18-9-4-3-5-10-18)24(29)23(28)20-13-12-17-8-6-7-11-19(17)14-20/h3-14,22,24,29H,1-2H3/t22-,24-/m0/s1. The number of nitrogens with zero attached hydrogens (tertiary/aromatic N) is 3. The summed E-state index contributed by atoms with van der Waals surface area (Å²) in [6.07, 6.45) is -1.49. The van der Waals surface area contributed by atoms with E-state index in [0.29, 0.717) is 11.1 Å². The highest BCUT2D eigenvalue weighted by Crippen LogP contribution is 2.31. The van der Waals surface area contributed by atoms with E-state index in [-0.39, 0.29) is 17.1 Å². The average molecular weight is 415 g/mol. The van der Waals surface area contributed by atoms with E-state index in [1.165, 1.54) is 4.68 Å². The molecule has 0 bridgehead atoms. The van der Waals surface area contributed by atoms with Gasteiger partial charge in [0.15, 0.2) is 5.78 Å². The van der Waals surface area contributed by atoms with E-state index in [1.54, 1.807) is 50.2 Å². The number of hydrogen-bond acceptors (Lipinski definition) is 5. The number of carbonyl (C=O) groups excluding carboxylic acids is 1. The highest BCUT2D eigenvalue weighted by atomic mass is 16.6. The molecule has 0 aliphatic carbocycles. The Labute approximate surface area is 178 Å². The summed E-state index contributed by atoms with van der Waals surface area (Å²) in [6.45, 7) is 3.11. The van der Waals surface area contributed by atoms with Gasteiger partial charge in [-0.3, -0.25) is 19.6 Å². The van der Waals surface area contributed by atoms with Crippen LogP contribution in [0.5, 0.6) is 0 Å². The summed E-state index contributed by atoms with van der Waals surface area (Å²) >= 11 is 0. The Morgan fingerprint density at radius 2 is 1.65 bits per heavy atom. The number of Topliss-reactive ketones (excluding diaryl/α,β-unsaturated/α-hetero) is 1. The predicted molar refractivity (Wildman–Crippen MR) is 117 cm³/mol. The Kier molecular flexibility index (Phi) is 5.35. The number of aliphatic hydroxyl groups is 1. The molecule has 2 atom stereocenters. The summed E-state index contributed by atoms with van der Waals surface area (Å²) < 4.78 is 1.38. The highest BCUT2D eigenvalue weighted by molar-refractivity contribution is 6.03. The minimum atomic E-state index is -1.49. The van der Waals surface area contributed by atoms with E-state index in [1.807, 2.05) is 36.4 Å². The van der Waals surface area contributed by atoms with Crippen molar-refractivity contribution in [1.29, 1.82) is 0 Å². The van der Waals surface area contributed by atoms with Crippen LogP contribution in [0.3, 0.4) is 0 Å². The monoisotopic (exact) mass is 415 g/mol. The summed E-state index contributed by atoms with van der Waals surface area (Å²) in [5, 5.41) is 28.9. The zero-order chi connectivity index (χ0) is 22.1. The van der Waals surface area contributed by atoms with Crippen molar-refractivity contribution >= 4 is 22.2 Å². The molecule has 7 heteroatoms. The van der Waals surface area contributed by atoms with Gasteiger partial charge < -0.3 is 5.11 Å². The van der Waals surface area contributed by atoms with E-state index in [2.05, 4.69) is 5.10 Å². The number of aryl methyl sites for hydroxylation is 1. The molecule has 0 aliphatic rings. The van der Waals surface area contributed by atoms with Crippen LogP contribution < -0.4 is 0 Å². The highest BCUT2D eigenvalue weighted by Gasteiger charge is 2.34. The van der Waals surface area contributed by atoms with Gasteiger partial charge in [-0.2, -0.15) is 5.10 Å². The van der Waals surface area contributed by atoms with Crippen molar-refractivity contribution in [2.75, 3.05) is 0 Å². The Hall–Kier alpha value is -3.84. The Bertz CT molecular complexity index is 1280. The fraction of sp³-hybridized carbons (Fsp3) is 0.167. The van der Waals surface area contributed by atoms with Crippen molar-refractivity contribution in [2.45, 2.75) is 26.0 Å². The first kappa shape index (κ1) is 20.4. The number of aliphatic hydroxyl groups excluding tert-OH is 1. The molecular formula is C24H21N3O4. The van der Waals surface area contributed by atoms with E-state index in [0.717, 1.165) is 10.8 Å². The predicted octanol–water partition coefficient (Wildman–Crippen LogP) is 4.39. The van der Waals surface area contributed by atoms with E-state index >= 15 is 0 Å². The summed E-state index contributed by atoms with van der Waals surface area (Å²) in [4.78, 5) is 24.3. The number of nitro groups is 1. The molecule has 0 spiro atoms. The van der Waals surface area contributed by atoms with Crippen LogP contribution in [0.25, 0.3) is 10.8 Å². The fourth-order valence-electron chi connectivity index (χ4n) is 3.95. The third-order valence-corrected chi connectivity index (χ3v) is 5.48. The van der Waals surface area contributed by atoms with Crippen LogP contribution in [-0.4, -0.2) is 31.7 Å². The van der Waals surface area contributed by atoms with Gasteiger partial charge in [0, 0.05) is 5.56 Å². The van der Waals surface area contributed by atoms with Gasteiger partial charge in [-0.1, -0.05) is 66.7 Å². The minimum absolute atomic E-state index is 0.119. The van der Waals surface area contributed by atoms with Crippen LogP contribution in [-0.2, 0) is 0 Å². The van der Waals surface area contributed by atoms with Crippen LogP contribution in [0.1, 0.15) is 33.4 Å². The van der Waals surface area contributed by atoms with Gasteiger partial charge in [0.25, 0.3) is 0 Å². The van der Waals surface area contributed by atoms with Crippen LogP contribution >= 0.6 is 0 Å². The summed E-state index contributed by atoms with van der Waals surface area (Å²) in [5.74, 6) is -0.477. The van der Waals surface area contributed by atoms with E-state index in [4.69, 9.17) is 0 Å². The molecular weight excluding hydrogens is 394 g/mol. The number of carbonyl (C=O) groups is 1. The quantitative estimate of drug-likeness (QED) is 0.286. The number of rotatable bonds is 6. The number of fused-ring (bicyclic) bond motifs is 1. The average Bonchev–Trinajstić information content (AvgIpc) is 3.07. The molecule has 156 valence electrons. The lowest BCUT2D eigenvalue weighted by atomic mass is 9.93. The van der Waals surface area contributed by atoms with Crippen molar-refractivity contribution in [2.24, 2.45) is 0 Å². The normalized spacial score (nSPS) is 13.1. The van der Waals surface area contributed by atoms with E-state index in [9.17, 15) is 20.0 Å². The van der Waals surface area contributed by atoms with Crippen molar-refractivity contribution in [3.05, 3.63) is 105 Å². The lowest BCUT2D eigenvalue weighted by Crippen LogP contribution is -2.34. The number of aromatic nitrogens is 2. The molecule has 0 unspecified atom stereocenters. The van der Waals surface area contributed by atoms with Gasteiger partial charge >= 0.3 is 5.69 Å². The van der Waals surface area contributed by atoms with Gasteiger partial charge in [0.05, 0.1) is 4.92 Å². The Morgan fingerprint density at radius 1 is 1.00 bits per heavy atom. The Balaban J connectivity index is 1.81. The summed E-state index contributed by atoms with van der Waals surface area (Å²) in [7, 11) is 0. The smallest absolute Gasteiger partial charge is 0.312 e. The third kappa shape index (κ3) is 3.71. The second kappa shape index (κ2) is 8.12. The van der Waals surface area contributed by atoms with Gasteiger partial charge in [-0.15, -0.1) is 0 Å². The molecule has 31 heavy (non-hydrogen) atoms. The molecule has 1 heterocycles. The maximum Gasteiger partial charge on any atom is 0.312 e. The first-order valence-corrected chi connectivity index (χ1v) is 9.84. The molecule has 0 saturated heterocycles. The molecule has 0 aliphatic heterocycles. The van der Waals surface area contributed by atoms with Crippen molar-refractivity contribution in [1.82, 2.24) is 9.78 Å². The minimum Gasteiger partial charge on any atom is -0.382 e. The number of benzene rings is 3. The van der Waals surface area contributed by atoms with E-state index < -0.39 is 22.9 Å². The van der Waals surface area contributed by atoms with Crippen molar-refractivity contribution < 1.29 is 14.8 Å². The maximum absolute atomic E-state index is 13.3. The van der Waals surface area contributed by atoms with Crippen molar-refractivity contribution in [3.63, 3.8) is 0 Å². The Morgan fingerprint density at radius 3 is 2.29 bits per heavy atom. The lowest BCUT2D eigenvalue weighted by Gasteiger charge is -2.24. The second-order valence-corrected chi connectivity index (χ2v) is 7.45. The van der Waals surface area contributed by atoms with Gasteiger partial charge in [0.2, 0.25) is 0 Å². The molecule has 0 fully saturated rings. The molecule has 3 aromatic carbocycles. The zero-order valence-corrected chi connectivity index (χ0v) is 17.1. The SMILES string of the molecule is Cc1nn([C@@H](c2ccccc2)[C@H](O)C(=O)c2ccc3ccccc3c2)c(C)c1[N+](=O)[O-]. The number of ketones is 1. The molecule has 0 radical (unpaired) electrons. The molecule has 0 saturated carbocycles. The summed E-state index contributed by atoms with van der Waals surface area (Å²) in [6, 6.07) is 20.9. The largest absolute Gasteiger partial charge is 0.382 e. The van der Waals surface area contributed by atoms with Crippen LogP contribution in [0, 0.1) is 24.0 Å². The van der Waals surface area contributed by atoms with Crippen LogP contribution in [0.2, 0.25) is 0 Å². The third-order valence-electron chi connectivity index (χ3n) is 5.48. The second-order valence-electron chi connectivity index (χ2n) is 7.45. The molecule has 4 rings (SSSR count). The van der Waals surface area contributed by atoms with Crippen molar-refractivity contribution in [3.8, 4) is 0 Å². The maximum atomic E-state index is 13.3. The van der Waals surface area contributed by atoms with Crippen LogP contribution in [0.15, 0.2) is 72.8 Å².